The van der Waals surface area contributed by atoms with Gasteiger partial charge in [0.15, 0.2) is 11.6 Å². The molecule has 0 bridgehead atoms. The summed E-state index contributed by atoms with van der Waals surface area (Å²) in [5.74, 6) is -1.49. The third-order valence-corrected chi connectivity index (χ3v) is 6.61. The van der Waals surface area contributed by atoms with Gasteiger partial charge in [-0.3, -0.25) is 19.6 Å². The molecule has 0 saturated heterocycles. The average molecular weight is 574 g/mol. The number of aryl methyl sites for hydroxylation is 6. The minimum atomic E-state index is -0.638. The van der Waals surface area contributed by atoms with Crippen molar-refractivity contribution in [2.75, 3.05) is 0 Å². The molecule has 0 saturated carbocycles. The minimum absolute atomic E-state index is 0. The number of allylic oxidation sites excluding steroid dienone is 4. The van der Waals surface area contributed by atoms with Gasteiger partial charge in [0.1, 0.15) is 12.1 Å². The molecule has 0 spiro atoms. The first kappa shape index (κ1) is 33.7. The first-order chi connectivity index (χ1) is 17.6. The van der Waals surface area contributed by atoms with Crippen LogP contribution in [0.1, 0.15) is 84.3 Å². The van der Waals surface area contributed by atoms with Crippen LogP contribution < -0.4 is 10.2 Å². The molecule has 7 heteroatoms. The number of aliphatic imine (C=N–C) groups is 2. The molecule has 2 rings (SSSR count). The Kier molecular flexibility index (Phi) is 12.3. The topological polar surface area (TPSA) is 105 Å². The van der Waals surface area contributed by atoms with Crippen LogP contribution >= 0.6 is 0 Å². The molecule has 0 N–H and O–H groups in total. The zero-order chi connectivity index (χ0) is 28.9. The number of hydrogen-bond acceptors (Lipinski definition) is 6. The van der Waals surface area contributed by atoms with E-state index in [0.29, 0.717) is 0 Å². The van der Waals surface area contributed by atoms with Crippen molar-refractivity contribution in [3.63, 3.8) is 0 Å². The van der Waals surface area contributed by atoms with Gasteiger partial charge in [-0.05, 0) is 88.8 Å². The van der Waals surface area contributed by atoms with Gasteiger partial charge in [0.05, 0.1) is 0 Å². The summed E-state index contributed by atoms with van der Waals surface area (Å²) in [6.45, 7) is 17.4. The van der Waals surface area contributed by atoms with E-state index in [2.05, 4.69) is 24.3 Å². The molecule has 6 nitrogen and oxygen atoms in total. The molecule has 39 heavy (non-hydrogen) atoms. The predicted octanol–water partition coefficient (Wildman–Crippen LogP) is 4.91. The molecule has 0 fully saturated rings. The van der Waals surface area contributed by atoms with E-state index in [-0.39, 0.29) is 51.0 Å². The molecule has 2 aromatic carbocycles. The van der Waals surface area contributed by atoms with Gasteiger partial charge in [-0.2, -0.15) is 0 Å². The van der Waals surface area contributed by atoms with Crippen molar-refractivity contribution in [1.29, 1.82) is 0 Å². The largest absolute Gasteiger partial charge is 2.00 e. The van der Waals surface area contributed by atoms with Crippen LogP contribution in [0.5, 0.6) is 0 Å². The van der Waals surface area contributed by atoms with E-state index in [1.54, 1.807) is 0 Å². The summed E-state index contributed by atoms with van der Waals surface area (Å²) >= 11 is 0. The quantitative estimate of drug-likeness (QED) is 0.242. The molecular formula is C32H38CoN2O4. The number of carbonyl (C=O) groups excluding carboxylic acids is 2. The summed E-state index contributed by atoms with van der Waals surface area (Å²) in [5.41, 5.74) is 7.95. The third kappa shape index (κ3) is 8.34. The van der Waals surface area contributed by atoms with Crippen LogP contribution in [0.2, 0.25) is 0 Å². The second-order valence-electron chi connectivity index (χ2n) is 10.1. The Balaban J connectivity index is 0.00000760. The van der Waals surface area contributed by atoms with E-state index >= 15 is 0 Å². The van der Waals surface area contributed by atoms with Crippen LogP contribution in [0, 0.1) is 41.5 Å². The molecule has 0 aromatic heterocycles. The summed E-state index contributed by atoms with van der Waals surface area (Å²) in [6, 6.07) is 6.96. The van der Waals surface area contributed by atoms with Crippen molar-refractivity contribution in [3.05, 3.63) is 91.4 Å². The molecule has 0 aliphatic rings. The van der Waals surface area contributed by atoms with E-state index in [4.69, 9.17) is 9.98 Å². The van der Waals surface area contributed by atoms with Crippen LogP contribution in [-0.2, 0) is 26.4 Å². The Morgan fingerprint density at radius 2 is 0.872 bits per heavy atom. The summed E-state index contributed by atoms with van der Waals surface area (Å²) in [6.07, 6.45) is 2.69. The summed E-state index contributed by atoms with van der Waals surface area (Å²) in [4.78, 5) is 34.1. The normalized spacial score (nSPS) is 14.5. The molecule has 0 heterocycles. The predicted molar refractivity (Wildman–Crippen MR) is 151 cm³/mol. The SMILES string of the molecule is CC(=O)/C(C=N[C@H](c1c(C)cc(C)cc1C)[C@H](N=C/C(C(C)=O)=C(/C)[O-])c1c(C)cc(C)cc1C)=C(/C)[O-].[Co+2]. The number of carbonyl (C=O) groups is 2. The average Bonchev–Trinajstić information content (AvgIpc) is 2.74. The number of hydrogen-bond donors (Lipinski definition) is 0. The second-order valence-corrected chi connectivity index (χ2v) is 10.1. The zero-order valence-corrected chi connectivity index (χ0v) is 25.5. The van der Waals surface area contributed by atoms with Crippen molar-refractivity contribution < 1.29 is 36.6 Å². The van der Waals surface area contributed by atoms with E-state index in [1.807, 2.05) is 41.5 Å². The fraction of sp³-hybridized carbons (Fsp3) is 0.375. The van der Waals surface area contributed by atoms with Crippen molar-refractivity contribution in [1.82, 2.24) is 0 Å². The molecule has 1 radical (unpaired) electrons. The Morgan fingerprint density at radius 1 is 0.615 bits per heavy atom. The van der Waals surface area contributed by atoms with Crippen molar-refractivity contribution in [2.24, 2.45) is 9.98 Å². The summed E-state index contributed by atoms with van der Waals surface area (Å²) in [7, 11) is 0. The zero-order valence-electron chi connectivity index (χ0n) is 24.5. The Bertz CT molecular complexity index is 1220. The first-order valence-electron chi connectivity index (χ1n) is 12.6. The molecular weight excluding hydrogens is 535 g/mol. The molecule has 0 amide bonds. The van der Waals surface area contributed by atoms with Gasteiger partial charge in [-0.1, -0.05) is 49.2 Å². The number of rotatable bonds is 9. The van der Waals surface area contributed by atoms with E-state index in [1.165, 1.54) is 40.1 Å². The van der Waals surface area contributed by atoms with E-state index in [0.717, 1.165) is 44.5 Å². The van der Waals surface area contributed by atoms with Crippen LogP contribution in [0.15, 0.2) is 56.9 Å². The third-order valence-electron chi connectivity index (χ3n) is 6.61. The van der Waals surface area contributed by atoms with Crippen LogP contribution in [0.25, 0.3) is 0 Å². The van der Waals surface area contributed by atoms with E-state index < -0.39 is 12.1 Å². The van der Waals surface area contributed by atoms with Crippen molar-refractivity contribution in [2.45, 2.75) is 81.3 Å². The maximum atomic E-state index is 12.2. The van der Waals surface area contributed by atoms with Gasteiger partial charge in [0, 0.05) is 23.6 Å². The molecule has 0 aliphatic carbocycles. The molecule has 0 unspecified atom stereocenters. The molecule has 2 aromatic rings. The second kappa shape index (κ2) is 14.2. The smallest absolute Gasteiger partial charge is 0.875 e. The minimum Gasteiger partial charge on any atom is -0.875 e. The number of Topliss-reactive ketones (excluding diaryl/α,β-unsaturated/α-hetero) is 2. The maximum Gasteiger partial charge on any atom is 2.00 e. The van der Waals surface area contributed by atoms with Crippen molar-refractivity contribution in [3.8, 4) is 0 Å². The molecule has 2 atom stereocenters. The monoisotopic (exact) mass is 573 g/mol. The van der Waals surface area contributed by atoms with Crippen LogP contribution in [0.3, 0.4) is 0 Å². The summed E-state index contributed by atoms with van der Waals surface area (Å²) < 4.78 is 0. The van der Waals surface area contributed by atoms with Crippen LogP contribution in [0.4, 0.5) is 0 Å². The molecule has 209 valence electrons. The van der Waals surface area contributed by atoms with Gasteiger partial charge < -0.3 is 10.2 Å². The van der Waals surface area contributed by atoms with Gasteiger partial charge in [0.25, 0.3) is 0 Å². The maximum absolute atomic E-state index is 12.2. The Labute approximate surface area is 242 Å². The van der Waals surface area contributed by atoms with E-state index in [9.17, 15) is 19.8 Å². The number of nitrogens with zero attached hydrogens (tertiary/aromatic N) is 2. The van der Waals surface area contributed by atoms with Gasteiger partial charge >= 0.3 is 16.8 Å². The summed E-state index contributed by atoms with van der Waals surface area (Å²) in [5, 5.41) is 24.4. The Hall–Kier alpha value is -3.29. The first-order valence-corrected chi connectivity index (χ1v) is 12.6. The fourth-order valence-electron chi connectivity index (χ4n) is 5.11. The molecule has 0 aliphatic heterocycles. The van der Waals surface area contributed by atoms with Crippen LogP contribution in [-0.4, -0.2) is 24.0 Å². The number of benzene rings is 2. The fourth-order valence-corrected chi connectivity index (χ4v) is 5.11. The Morgan fingerprint density at radius 3 is 1.08 bits per heavy atom. The number of ketones is 2. The van der Waals surface area contributed by atoms with Gasteiger partial charge in [0.2, 0.25) is 0 Å². The van der Waals surface area contributed by atoms with Gasteiger partial charge in [-0.25, -0.2) is 0 Å². The standard InChI is InChI=1S/C32H40N2O4.Co/c1-17-11-19(3)29(20(4)12-17)31(33-15-27(23(7)35)24(8)36)32(34-16-28(25(9)37)26(10)38)30-21(5)13-18(2)14-22(30)6;/h11-16,31-32,35,37H,1-10H3;/q;+2/p-2/b27-23-,28-25+,33-15?,34-16?;/t31-,32-;/m1./s1. The van der Waals surface area contributed by atoms with Gasteiger partial charge in [-0.15, -0.1) is 11.5 Å². The van der Waals surface area contributed by atoms with Crippen molar-refractivity contribution >= 4 is 24.0 Å².